The molecule has 0 unspecified atom stereocenters. The van der Waals surface area contributed by atoms with E-state index < -0.39 is 12.7 Å². The third-order valence-electron chi connectivity index (χ3n) is 1.96. The van der Waals surface area contributed by atoms with E-state index in [1.165, 1.54) is 0 Å². The molecule has 0 spiro atoms. The molecule has 4 nitrogen and oxygen atoms in total. The number of nitrogens with two attached hydrogens (primary N) is 1. The van der Waals surface area contributed by atoms with E-state index in [0.29, 0.717) is 16.7 Å². The zero-order valence-corrected chi connectivity index (χ0v) is 8.10. The van der Waals surface area contributed by atoms with Gasteiger partial charge in [-0.3, -0.25) is 0 Å². The molecule has 0 atom stereocenters. The molecule has 0 radical (unpaired) electrons. The van der Waals surface area contributed by atoms with Gasteiger partial charge in [0.1, 0.15) is 6.54 Å². The number of nitrogen functional groups attached to an aromatic ring is 1. The topological polar surface area (TPSA) is 66.7 Å². The Hall–Kier alpha value is -1.92. The van der Waals surface area contributed by atoms with Gasteiger partial charge in [0.15, 0.2) is 0 Å². The first-order chi connectivity index (χ1) is 7.44. The van der Waals surface area contributed by atoms with E-state index in [0.717, 1.165) is 0 Å². The van der Waals surface area contributed by atoms with Gasteiger partial charge in [0, 0.05) is 5.69 Å². The Morgan fingerprint density at radius 2 is 2.12 bits per heavy atom. The Kier molecular flexibility index (Phi) is 2.37. The van der Waals surface area contributed by atoms with Crippen LogP contribution in [0.25, 0.3) is 11.0 Å². The van der Waals surface area contributed by atoms with Gasteiger partial charge in [-0.1, -0.05) is 0 Å². The third kappa shape index (κ3) is 2.36. The van der Waals surface area contributed by atoms with Gasteiger partial charge >= 0.3 is 6.18 Å². The highest BCUT2D eigenvalue weighted by Gasteiger charge is 2.27. The van der Waals surface area contributed by atoms with Crippen molar-refractivity contribution >= 4 is 22.7 Å². The molecule has 16 heavy (non-hydrogen) atoms. The van der Waals surface area contributed by atoms with Crippen LogP contribution in [-0.4, -0.2) is 22.7 Å². The van der Waals surface area contributed by atoms with Crippen molar-refractivity contribution in [3.63, 3.8) is 0 Å². The van der Waals surface area contributed by atoms with Gasteiger partial charge in [-0.05, 0) is 18.2 Å². The van der Waals surface area contributed by atoms with Crippen LogP contribution in [0, 0.1) is 0 Å². The number of hydrogen-bond acceptors (Lipinski definition) is 3. The summed E-state index contributed by atoms with van der Waals surface area (Å²) >= 11 is 0. The van der Waals surface area contributed by atoms with Crippen LogP contribution in [-0.2, 0) is 0 Å². The second-order valence-electron chi connectivity index (χ2n) is 3.33. The summed E-state index contributed by atoms with van der Waals surface area (Å²) in [5.74, 6) is 0.0814. The van der Waals surface area contributed by atoms with Crippen molar-refractivity contribution in [2.45, 2.75) is 6.18 Å². The highest BCUT2D eigenvalue weighted by atomic mass is 19.4. The van der Waals surface area contributed by atoms with E-state index in [1.54, 1.807) is 18.2 Å². The van der Waals surface area contributed by atoms with Gasteiger partial charge < -0.3 is 16.0 Å². The molecule has 1 aromatic carbocycles. The molecule has 0 amide bonds. The molecular weight excluding hydrogens is 221 g/mol. The molecule has 0 bridgehead atoms. The normalized spacial score (nSPS) is 11.9. The summed E-state index contributed by atoms with van der Waals surface area (Å²) in [6, 6.07) is 4.89. The van der Waals surface area contributed by atoms with Crippen molar-refractivity contribution in [2.75, 3.05) is 17.6 Å². The number of aromatic amines is 1. The number of imidazole rings is 1. The lowest BCUT2D eigenvalue weighted by Crippen LogP contribution is -2.21. The zero-order chi connectivity index (χ0) is 11.8. The predicted octanol–water partition coefficient (Wildman–Crippen LogP) is 2.12. The molecule has 1 aromatic heterocycles. The van der Waals surface area contributed by atoms with Crippen molar-refractivity contribution in [1.82, 2.24) is 9.97 Å². The Morgan fingerprint density at radius 1 is 1.38 bits per heavy atom. The Morgan fingerprint density at radius 3 is 2.81 bits per heavy atom. The first-order valence-electron chi connectivity index (χ1n) is 4.50. The minimum Gasteiger partial charge on any atom is -0.399 e. The summed E-state index contributed by atoms with van der Waals surface area (Å²) in [5.41, 5.74) is 7.22. The summed E-state index contributed by atoms with van der Waals surface area (Å²) in [4.78, 5) is 6.64. The fraction of sp³-hybridized carbons (Fsp3) is 0.222. The lowest BCUT2D eigenvalue weighted by atomic mass is 10.3. The SMILES string of the molecule is Nc1ccc2nc(NCC(F)(F)F)[nH]c2c1. The Balaban J connectivity index is 2.20. The fourth-order valence-corrected chi connectivity index (χ4v) is 1.29. The molecule has 7 heteroatoms. The highest BCUT2D eigenvalue weighted by Crippen LogP contribution is 2.19. The molecule has 0 aliphatic carbocycles. The summed E-state index contributed by atoms with van der Waals surface area (Å²) in [5, 5.41) is 2.16. The number of aromatic nitrogens is 2. The number of benzene rings is 1. The molecule has 2 aromatic rings. The van der Waals surface area contributed by atoms with Gasteiger partial charge in [0.25, 0.3) is 0 Å². The number of nitrogens with one attached hydrogen (secondary N) is 2. The third-order valence-corrected chi connectivity index (χ3v) is 1.96. The Bertz CT molecular complexity index is 503. The highest BCUT2D eigenvalue weighted by molar-refractivity contribution is 5.80. The summed E-state index contributed by atoms with van der Waals surface area (Å²) in [6.45, 7) is -1.12. The maximum absolute atomic E-state index is 11.9. The molecule has 0 saturated heterocycles. The van der Waals surface area contributed by atoms with Crippen LogP contribution in [0.2, 0.25) is 0 Å². The van der Waals surface area contributed by atoms with Crippen LogP contribution in [0.15, 0.2) is 18.2 Å². The largest absolute Gasteiger partial charge is 0.405 e. The van der Waals surface area contributed by atoms with E-state index in [9.17, 15) is 13.2 Å². The monoisotopic (exact) mass is 230 g/mol. The number of H-pyrrole nitrogens is 1. The van der Waals surface area contributed by atoms with Crippen LogP contribution in [0.5, 0.6) is 0 Å². The summed E-state index contributed by atoms with van der Waals surface area (Å²) < 4.78 is 35.8. The standard InChI is InChI=1S/C9H9F3N4/c10-9(11,12)4-14-8-15-6-2-1-5(13)3-7(6)16-8/h1-3H,4,13H2,(H2,14,15,16). The van der Waals surface area contributed by atoms with Crippen LogP contribution in [0.3, 0.4) is 0 Å². The molecule has 0 aliphatic rings. The lowest BCUT2D eigenvalue weighted by molar-refractivity contribution is -0.115. The molecule has 86 valence electrons. The number of anilines is 2. The van der Waals surface area contributed by atoms with Crippen LogP contribution in [0.4, 0.5) is 24.8 Å². The van der Waals surface area contributed by atoms with E-state index in [-0.39, 0.29) is 5.95 Å². The second-order valence-corrected chi connectivity index (χ2v) is 3.33. The first-order valence-corrected chi connectivity index (χ1v) is 4.50. The van der Waals surface area contributed by atoms with Gasteiger partial charge in [0.05, 0.1) is 11.0 Å². The van der Waals surface area contributed by atoms with E-state index >= 15 is 0 Å². The van der Waals surface area contributed by atoms with Crippen LogP contribution >= 0.6 is 0 Å². The summed E-state index contributed by atoms with van der Waals surface area (Å²) in [7, 11) is 0. The molecule has 0 aliphatic heterocycles. The summed E-state index contributed by atoms with van der Waals surface area (Å²) in [6.07, 6.45) is -4.27. The van der Waals surface area contributed by atoms with E-state index in [1.807, 2.05) is 0 Å². The fourth-order valence-electron chi connectivity index (χ4n) is 1.29. The quantitative estimate of drug-likeness (QED) is 0.692. The minimum absolute atomic E-state index is 0.0814. The van der Waals surface area contributed by atoms with Crippen molar-refractivity contribution in [3.05, 3.63) is 18.2 Å². The number of rotatable bonds is 2. The van der Waals surface area contributed by atoms with Crippen molar-refractivity contribution in [3.8, 4) is 0 Å². The lowest BCUT2D eigenvalue weighted by Gasteiger charge is -2.05. The van der Waals surface area contributed by atoms with E-state index in [4.69, 9.17) is 5.73 Å². The molecule has 2 rings (SSSR count). The van der Waals surface area contributed by atoms with Crippen molar-refractivity contribution in [1.29, 1.82) is 0 Å². The molecule has 0 saturated carbocycles. The maximum atomic E-state index is 11.9. The van der Waals surface area contributed by atoms with Gasteiger partial charge in [0.2, 0.25) is 5.95 Å². The van der Waals surface area contributed by atoms with Crippen LogP contribution < -0.4 is 11.1 Å². The first kappa shape index (κ1) is 10.6. The van der Waals surface area contributed by atoms with E-state index in [2.05, 4.69) is 15.3 Å². The minimum atomic E-state index is -4.27. The molecule has 4 N–H and O–H groups in total. The number of fused-ring (bicyclic) bond motifs is 1. The molecule has 0 fully saturated rings. The van der Waals surface area contributed by atoms with Crippen molar-refractivity contribution in [2.24, 2.45) is 0 Å². The van der Waals surface area contributed by atoms with Crippen LogP contribution in [0.1, 0.15) is 0 Å². The van der Waals surface area contributed by atoms with Gasteiger partial charge in [-0.2, -0.15) is 13.2 Å². The van der Waals surface area contributed by atoms with Gasteiger partial charge in [-0.25, -0.2) is 4.98 Å². The van der Waals surface area contributed by atoms with Crippen molar-refractivity contribution < 1.29 is 13.2 Å². The molecular formula is C9H9F3N4. The number of alkyl halides is 3. The number of halogens is 3. The number of nitrogens with zero attached hydrogens (tertiary/aromatic N) is 1. The smallest absolute Gasteiger partial charge is 0.399 e. The maximum Gasteiger partial charge on any atom is 0.405 e. The average Bonchev–Trinajstić information content (AvgIpc) is 2.55. The predicted molar refractivity (Wildman–Crippen MR) is 55.1 cm³/mol. The number of hydrogen-bond donors (Lipinski definition) is 3. The zero-order valence-electron chi connectivity index (χ0n) is 8.10. The average molecular weight is 230 g/mol. The van der Waals surface area contributed by atoms with Gasteiger partial charge in [-0.15, -0.1) is 0 Å². The molecule has 1 heterocycles. The Labute approximate surface area is 88.7 Å². The second kappa shape index (κ2) is 3.58.